The molecule has 3 N–H and O–H groups in total. The Morgan fingerprint density at radius 2 is 0.692 bits per heavy atom. The second kappa shape index (κ2) is 46.1. The lowest BCUT2D eigenvalue weighted by atomic mass is 9.85. The molecule has 0 atom stereocenters. The molecule has 9 aliphatic rings. The van der Waals surface area contributed by atoms with Gasteiger partial charge in [0.15, 0.2) is 0 Å². The fourth-order valence-electron chi connectivity index (χ4n) is 17.8. The van der Waals surface area contributed by atoms with Crippen molar-refractivity contribution in [3.8, 4) is 5.75 Å². The van der Waals surface area contributed by atoms with Crippen molar-refractivity contribution in [1.29, 1.82) is 0 Å². The van der Waals surface area contributed by atoms with Gasteiger partial charge >= 0.3 is 0 Å². The normalized spacial score (nSPS) is 15.2. The van der Waals surface area contributed by atoms with Crippen molar-refractivity contribution in [1.82, 2.24) is 10.6 Å². The molecule has 3 heterocycles. The highest BCUT2D eigenvalue weighted by Gasteiger charge is 2.20. The van der Waals surface area contributed by atoms with Crippen LogP contribution in [-0.2, 0) is 90.1 Å². The van der Waals surface area contributed by atoms with Gasteiger partial charge in [-0.1, -0.05) is 331 Å². The van der Waals surface area contributed by atoms with Gasteiger partial charge in [0.05, 0.1) is 5.69 Å². The Morgan fingerprint density at radius 3 is 1.31 bits per heavy atom. The smallest absolute Gasteiger partial charge is 0.142 e. The zero-order valence-electron chi connectivity index (χ0n) is 75.8. The minimum Gasteiger partial charge on any atom is -0.490 e. The summed E-state index contributed by atoms with van der Waals surface area (Å²) >= 11 is 0. The maximum Gasteiger partial charge on any atom is 0.142 e. The van der Waals surface area contributed by atoms with Crippen LogP contribution < -0.4 is 20.7 Å². The topological polar surface area (TPSA) is 45.3 Å². The molecule has 18 rings (SSSR count). The van der Waals surface area contributed by atoms with Crippen molar-refractivity contribution in [2.45, 2.75) is 307 Å². The Balaban J connectivity index is 0.000000139. The van der Waals surface area contributed by atoms with Gasteiger partial charge in [-0.25, -0.2) is 0 Å². The molecule has 0 bridgehead atoms. The first-order valence-electron chi connectivity index (χ1n) is 46.0. The summed E-state index contributed by atoms with van der Waals surface area (Å²) in [5, 5.41) is 10.2. The molecular formula is C113H149N3O. The molecule has 0 spiro atoms. The number of ether oxygens (including phenoxy) is 1. The van der Waals surface area contributed by atoms with E-state index in [0.29, 0.717) is 53.3 Å². The quantitative estimate of drug-likeness (QED) is 0.126. The first-order chi connectivity index (χ1) is 56.5. The predicted molar refractivity (Wildman–Crippen MR) is 511 cm³/mol. The summed E-state index contributed by atoms with van der Waals surface area (Å²) in [5.74, 6) is 6.80. The van der Waals surface area contributed by atoms with E-state index in [-0.39, 0.29) is 0 Å². The van der Waals surface area contributed by atoms with Crippen LogP contribution in [0, 0.1) is 0 Å². The third kappa shape index (κ3) is 26.5. The van der Waals surface area contributed by atoms with E-state index in [1.165, 1.54) is 185 Å². The van der Waals surface area contributed by atoms with Gasteiger partial charge < -0.3 is 20.7 Å². The van der Waals surface area contributed by atoms with E-state index in [1.54, 1.807) is 50.1 Å². The summed E-state index contributed by atoms with van der Waals surface area (Å²) in [6.07, 6.45) is 40.6. The molecule has 0 unspecified atom stereocenters. The molecule has 0 fully saturated rings. The molecule has 0 saturated carbocycles. The Kier molecular flexibility index (Phi) is 35.8. The molecule has 0 aromatic heterocycles. The highest BCUT2D eigenvalue weighted by Crippen LogP contribution is 2.37. The molecule has 4 nitrogen and oxygen atoms in total. The lowest BCUT2D eigenvalue weighted by Crippen LogP contribution is -2.24. The molecule has 0 radical (unpaired) electrons. The van der Waals surface area contributed by atoms with Crippen LogP contribution in [0.2, 0.25) is 0 Å². The molecule has 0 saturated heterocycles. The molecule has 6 aliphatic carbocycles. The zero-order valence-corrected chi connectivity index (χ0v) is 75.8. The predicted octanol–water partition coefficient (Wildman–Crippen LogP) is 29.4. The molecule has 9 aromatic carbocycles. The van der Waals surface area contributed by atoms with Crippen molar-refractivity contribution >= 4 is 17.8 Å². The number of hydrogen-bond acceptors (Lipinski definition) is 4. The average molecular weight is 1570 g/mol. The number of aryl methyl sites for hydroxylation is 4. The lowest BCUT2D eigenvalue weighted by molar-refractivity contribution is 0.322. The maximum absolute atomic E-state index is 5.55. The summed E-state index contributed by atoms with van der Waals surface area (Å²) in [7, 11) is 0. The summed E-state index contributed by atoms with van der Waals surface area (Å²) in [6, 6.07) is 60.9. The Morgan fingerprint density at radius 1 is 0.265 bits per heavy atom. The van der Waals surface area contributed by atoms with Gasteiger partial charge in [-0.3, -0.25) is 0 Å². The highest BCUT2D eigenvalue weighted by molar-refractivity contribution is 5.64. The van der Waals surface area contributed by atoms with Gasteiger partial charge in [-0.2, -0.15) is 0 Å². The highest BCUT2D eigenvalue weighted by atomic mass is 16.5. The second-order valence-electron chi connectivity index (χ2n) is 36.7. The van der Waals surface area contributed by atoms with E-state index in [2.05, 4.69) is 347 Å². The fourth-order valence-corrected chi connectivity index (χ4v) is 17.8. The second-order valence-corrected chi connectivity index (χ2v) is 36.7. The number of anilines is 1. The lowest BCUT2D eigenvalue weighted by Gasteiger charge is -2.23. The van der Waals surface area contributed by atoms with E-state index < -0.39 is 0 Å². The first kappa shape index (κ1) is 90.8. The zero-order chi connectivity index (χ0) is 83.3. The van der Waals surface area contributed by atoms with E-state index in [0.717, 1.165) is 70.8 Å². The maximum atomic E-state index is 5.55. The Bertz CT molecular complexity index is 4510. The third-order valence-electron chi connectivity index (χ3n) is 25.0. The number of hydrogen-bond donors (Lipinski definition) is 3. The number of allylic oxidation sites excluding steroid dienone is 6. The van der Waals surface area contributed by atoms with Gasteiger partial charge in [0, 0.05) is 19.6 Å². The molecule has 0 amide bonds. The van der Waals surface area contributed by atoms with Crippen LogP contribution in [0.1, 0.15) is 355 Å². The third-order valence-corrected chi connectivity index (χ3v) is 25.0. The Hall–Kier alpha value is -8.54. The standard InChI is InChI=1S/C13H18.2C13H16.C13H18.2C13H16.2C12H17N.C11H15NO/c3*1-10(2)12-9-5-7-11-6-3-4-8-13(11)12;3*1-10(2)12-8-7-11-5-3-4-6-13(11)9-12;1-9(2)11-4-3-10-5-6-13-8-12(10)7-11;1-9(2)11-5-3-4-10-6-7-13-8-12(10)11;1-8(2)9-4-3-5-10-11(9)12-6-7-13-10/h5,7,9-10H,3-4,6,8H2,1-2H3;3,5-7,9-10H,4,8H2,1-2H3;3-5,7,9-10H,6,8H2,1-2H3;7-10H,3-6H2,1-2H3;3,5,7-10H,4,6H2,1-2H3;3-4,7-10H,5-6H2,1-2H3;3-4,7,9,13H,5-6,8H2,1-2H3;3-5,9,13H,6-8H2,1-2H3;3-5,8,12H,6-7H2,1-2H3. The van der Waals surface area contributed by atoms with Crippen LogP contribution in [0.4, 0.5) is 5.69 Å². The van der Waals surface area contributed by atoms with Crippen LogP contribution in [0.25, 0.3) is 12.2 Å². The molecule has 622 valence electrons. The van der Waals surface area contributed by atoms with Crippen molar-refractivity contribution in [2.24, 2.45) is 0 Å². The van der Waals surface area contributed by atoms with Gasteiger partial charge in [0.1, 0.15) is 12.4 Å². The van der Waals surface area contributed by atoms with Gasteiger partial charge in [-0.15, -0.1) is 0 Å². The number of benzene rings is 9. The number of rotatable bonds is 9. The monoisotopic (exact) mass is 1560 g/mol. The summed E-state index contributed by atoms with van der Waals surface area (Å²) in [4.78, 5) is 0. The van der Waals surface area contributed by atoms with Crippen LogP contribution in [0.3, 0.4) is 0 Å². The minimum absolute atomic E-state index is 0.546. The van der Waals surface area contributed by atoms with Gasteiger partial charge in [0.25, 0.3) is 0 Å². The molecular weight excluding hydrogens is 1420 g/mol. The van der Waals surface area contributed by atoms with E-state index in [4.69, 9.17) is 4.74 Å². The van der Waals surface area contributed by atoms with Crippen LogP contribution in [0.15, 0.2) is 200 Å². The van der Waals surface area contributed by atoms with Crippen molar-refractivity contribution < 1.29 is 4.74 Å². The van der Waals surface area contributed by atoms with Crippen LogP contribution in [-0.4, -0.2) is 26.2 Å². The SMILES string of the molecule is CC(C)c1ccc2c(c1)CC=CC2.CC(C)c1ccc2c(c1)CCC=C2.CC(C)c1ccc2c(c1)CCCC2.CC(C)c1ccc2c(c1)CNCC2.CC(C)c1cccc2c1CC=CC2.CC(C)c1cccc2c1CCC=C2.CC(C)c1cccc2c1CCCC2.CC(C)c1cccc2c1CNCC2.CC(C)c1cccc2c1NCCO2. The van der Waals surface area contributed by atoms with Gasteiger partial charge in [0.2, 0.25) is 0 Å². The summed E-state index contributed by atoms with van der Waals surface area (Å²) in [6.45, 7) is 46.7. The van der Waals surface area contributed by atoms with Crippen molar-refractivity contribution in [3.63, 3.8) is 0 Å². The summed E-state index contributed by atoms with van der Waals surface area (Å²) < 4.78 is 5.55. The first-order valence-corrected chi connectivity index (χ1v) is 46.0. The Labute approximate surface area is 711 Å². The minimum atomic E-state index is 0.546. The van der Waals surface area contributed by atoms with Crippen molar-refractivity contribution in [2.75, 3.05) is 31.6 Å². The number of fused-ring (bicyclic) bond motifs is 9. The number of para-hydroxylation sites is 1. The average Bonchev–Trinajstić information content (AvgIpc) is 0.815. The largest absolute Gasteiger partial charge is 0.490 e. The molecule has 4 heteroatoms. The van der Waals surface area contributed by atoms with E-state index in [9.17, 15) is 0 Å². The van der Waals surface area contributed by atoms with Crippen LogP contribution in [0.5, 0.6) is 5.75 Å². The molecule has 117 heavy (non-hydrogen) atoms. The number of nitrogens with one attached hydrogen (secondary N) is 3. The summed E-state index contributed by atoms with van der Waals surface area (Å²) in [5.41, 5.74) is 39.2. The van der Waals surface area contributed by atoms with E-state index >= 15 is 0 Å². The van der Waals surface area contributed by atoms with Crippen LogP contribution >= 0.6 is 0 Å². The van der Waals surface area contributed by atoms with E-state index in [1.807, 2.05) is 6.07 Å². The van der Waals surface area contributed by atoms with Crippen molar-refractivity contribution in [3.05, 3.63) is 339 Å². The molecule has 3 aliphatic heterocycles. The fraction of sp³-hybridized carbons (Fsp3) is 0.451. The molecule has 9 aromatic rings. The van der Waals surface area contributed by atoms with Gasteiger partial charge in [-0.05, 0) is 327 Å².